The first-order valence-corrected chi connectivity index (χ1v) is 13.3. The third kappa shape index (κ3) is 5.92. The Balaban J connectivity index is 1.48. The molecule has 1 atom stereocenters. The van der Waals surface area contributed by atoms with Crippen LogP contribution >= 0.6 is 11.3 Å². The summed E-state index contributed by atoms with van der Waals surface area (Å²) in [6.45, 7) is 11.6. The molecular formula is C24H31N5O2S2. The maximum Gasteiger partial charge on any atom is 0.187 e. The fraction of sp³-hybridized carbons (Fsp3) is 0.375. The van der Waals surface area contributed by atoms with Crippen LogP contribution in [0.25, 0.3) is 11.3 Å². The van der Waals surface area contributed by atoms with E-state index in [9.17, 15) is 4.21 Å². The van der Waals surface area contributed by atoms with E-state index in [0.717, 1.165) is 49.1 Å². The molecule has 0 aliphatic carbocycles. The standard InChI is InChI=1S/C24H31N5O2S2/c1-4-28-11-13-29(14-12-28)19-7-5-18(6-8-19)22-16-32-24(27-22)26-21-15-20(33(25)30)9-10-23(21)31-17(2)3/h5-10,15-17H,4,11-14,25H2,1-3H3,(H,26,27). The molecule has 0 spiro atoms. The van der Waals surface area contributed by atoms with Gasteiger partial charge in [-0.25, -0.2) is 14.3 Å². The van der Waals surface area contributed by atoms with Gasteiger partial charge >= 0.3 is 0 Å². The monoisotopic (exact) mass is 485 g/mol. The number of rotatable bonds is 8. The Hall–Kier alpha value is -2.46. The van der Waals surface area contributed by atoms with Crippen LogP contribution in [0.1, 0.15) is 20.8 Å². The number of nitrogens with one attached hydrogen (secondary N) is 1. The van der Waals surface area contributed by atoms with Crippen LogP contribution < -0.4 is 20.1 Å². The van der Waals surface area contributed by atoms with Gasteiger partial charge in [0.1, 0.15) is 16.7 Å². The molecule has 4 rings (SSSR count). The molecule has 2 aromatic carbocycles. The van der Waals surface area contributed by atoms with Crippen molar-refractivity contribution >= 4 is 38.8 Å². The van der Waals surface area contributed by atoms with E-state index >= 15 is 0 Å². The molecule has 0 amide bonds. The summed E-state index contributed by atoms with van der Waals surface area (Å²) in [6.07, 6.45) is 0.00935. The molecule has 7 nitrogen and oxygen atoms in total. The number of ether oxygens (including phenoxy) is 1. The maximum atomic E-state index is 11.7. The second-order valence-corrected chi connectivity index (χ2v) is 10.2. The number of nitrogens with zero attached hydrogens (tertiary/aromatic N) is 3. The van der Waals surface area contributed by atoms with Crippen LogP contribution in [0.5, 0.6) is 5.75 Å². The summed E-state index contributed by atoms with van der Waals surface area (Å²) in [5.74, 6) is 0.670. The van der Waals surface area contributed by atoms with Gasteiger partial charge in [0.05, 0.1) is 22.4 Å². The first-order valence-electron chi connectivity index (χ1n) is 11.2. The minimum Gasteiger partial charge on any atom is -0.489 e. The average Bonchev–Trinajstić information content (AvgIpc) is 3.28. The molecule has 9 heteroatoms. The molecular weight excluding hydrogens is 454 g/mol. The first-order chi connectivity index (χ1) is 15.9. The predicted octanol–water partition coefficient (Wildman–Crippen LogP) is 4.46. The molecule has 0 bridgehead atoms. The SMILES string of the molecule is CCN1CCN(c2ccc(-c3csc(Nc4cc(S(N)=O)ccc4OC(C)C)n3)cc2)CC1. The lowest BCUT2D eigenvalue weighted by Gasteiger charge is -2.35. The summed E-state index contributed by atoms with van der Waals surface area (Å²) in [5.41, 5.74) is 3.94. The summed E-state index contributed by atoms with van der Waals surface area (Å²) >= 11 is 1.52. The van der Waals surface area contributed by atoms with Gasteiger partial charge in [0.2, 0.25) is 0 Å². The lowest BCUT2D eigenvalue weighted by atomic mass is 10.1. The van der Waals surface area contributed by atoms with E-state index in [-0.39, 0.29) is 6.10 Å². The number of hydrogen-bond donors (Lipinski definition) is 2. The zero-order valence-corrected chi connectivity index (χ0v) is 20.9. The van der Waals surface area contributed by atoms with Crippen molar-refractivity contribution in [2.75, 3.05) is 42.9 Å². The number of aromatic nitrogens is 1. The fourth-order valence-electron chi connectivity index (χ4n) is 3.83. The van der Waals surface area contributed by atoms with Gasteiger partial charge in [0, 0.05) is 42.8 Å². The van der Waals surface area contributed by atoms with Crippen LogP contribution in [0.15, 0.2) is 52.7 Å². The second-order valence-electron chi connectivity index (χ2n) is 8.25. The maximum absolute atomic E-state index is 11.7. The molecule has 1 aromatic heterocycles. The Morgan fingerprint density at radius 2 is 1.88 bits per heavy atom. The molecule has 1 unspecified atom stereocenters. The molecule has 1 saturated heterocycles. The molecule has 3 N–H and O–H groups in total. The summed E-state index contributed by atoms with van der Waals surface area (Å²) in [6, 6.07) is 13.9. The third-order valence-electron chi connectivity index (χ3n) is 5.64. The summed E-state index contributed by atoms with van der Waals surface area (Å²) in [4.78, 5) is 10.2. The zero-order chi connectivity index (χ0) is 23.4. The van der Waals surface area contributed by atoms with Gasteiger partial charge in [-0.05, 0) is 50.7 Å². The molecule has 3 aromatic rings. The van der Waals surface area contributed by atoms with Crippen molar-refractivity contribution < 1.29 is 8.95 Å². The van der Waals surface area contributed by atoms with E-state index in [1.807, 2.05) is 19.2 Å². The summed E-state index contributed by atoms with van der Waals surface area (Å²) in [7, 11) is -1.57. The molecule has 176 valence electrons. The molecule has 1 aliphatic heterocycles. The van der Waals surface area contributed by atoms with Crippen molar-refractivity contribution in [1.82, 2.24) is 9.88 Å². The highest BCUT2D eigenvalue weighted by Crippen LogP contribution is 2.34. The molecule has 2 heterocycles. The lowest BCUT2D eigenvalue weighted by molar-refractivity contribution is 0.243. The Morgan fingerprint density at radius 3 is 2.52 bits per heavy atom. The fourth-order valence-corrected chi connectivity index (χ4v) is 5.00. The number of hydrogen-bond acceptors (Lipinski definition) is 7. The van der Waals surface area contributed by atoms with Crippen LogP contribution in [0.2, 0.25) is 0 Å². The smallest absolute Gasteiger partial charge is 0.187 e. The van der Waals surface area contributed by atoms with Crippen molar-refractivity contribution in [3.63, 3.8) is 0 Å². The van der Waals surface area contributed by atoms with Crippen molar-refractivity contribution in [2.24, 2.45) is 5.14 Å². The number of nitrogens with two attached hydrogens (primary N) is 1. The van der Waals surface area contributed by atoms with Crippen LogP contribution in [-0.4, -0.2) is 52.9 Å². The normalized spacial score (nSPS) is 15.6. The van der Waals surface area contributed by atoms with Crippen LogP contribution in [0.4, 0.5) is 16.5 Å². The zero-order valence-electron chi connectivity index (χ0n) is 19.3. The number of benzene rings is 2. The van der Waals surface area contributed by atoms with E-state index < -0.39 is 11.0 Å². The largest absolute Gasteiger partial charge is 0.489 e. The predicted molar refractivity (Wildman–Crippen MR) is 138 cm³/mol. The second kappa shape index (κ2) is 10.6. The first kappa shape index (κ1) is 23.7. The highest BCUT2D eigenvalue weighted by Gasteiger charge is 2.16. The van der Waals surface area contributed by atoms with Crippen molar-refractivity contribution in [1.29, 1.82) is 0 Å². The van der Waals surface area contributed by atoms with Crippen molar-refractivity contribution in [3.8, 4) is 17.0 Å². The van der Waals surface area contributed by atoms with Gasteiger partial charge in [-0.15, -0.1) is 11.3 Å². The van der Waals surface area contributed by atoms with Gasteiger partial charge in [-0.3, -0.25) is 0 Å². The van der Waals surface area contributed by atoms with Gasteiger partial charge in [-0.2, -0.15) is 0 Å². The summed E-state index contributed by atoms with van der Waals surface area (Å²) in [5, 5.41) is 11.7. The summed E-state index contributed by atoms with van der Waals surface area (Å²) < 4.78 is 17.6. The topological polar surface area (TPSA) is 83.7 Å². The average molecular weight is 486 g/mol. The molecule has 33 heavy (non-hydrogen) atoms. The quantitative estimate of drug-likeness (QED) is 0.490. The highest BCUT2D eigenvalue weighted by molar-refractivity contribution is 7.82. The molecule has 1 aliphatic rings. The Kier molecular flexibility index (Phi) is 7.64. The van der Waals surface area contributed by atoms with E-state index in [1.54, 1.807) is 18.2 Å². The third-order valence-corrected chi connectivity index (χ3v) is 7.12. The highest BCUT2D eigenvalue weighted by atomic mass is 32.2. The molecule has 1 fully saturated rings. The van der Waals surface area contributed by atoms with Gasteiger partial charge in [-0.1, -0.05) is 19.1 Å². The number of thiazole rings is 1. The van der Waals surface area contributed by atoms with Gasteiger partial charge in [0.25, 0.3) is 0 Å². The number of likely N-dealkylation sites (N-methyl/N-ethyl adjacent to an activating group) is 1. The lowest BCUT2D eigenvalue weighted by Crippen LogP contribution is -2.46. The molecule has 0 radical (unpaired) electrons. The Bertz CT molecular complexity index is 1090. The number of piperazine rings is 1. The minimum atomic E-state index is -1.57. The Labute approximate surface area is 202 Å². The van der Waals surface area contributed by atoms with Gasteiger partial charge < -0.3 is 19.9 Å². The molecule has 0 saturated carbocycles. The van der Waals surface area contributed by atoms with E-state index in [0.29, 0.717) is 16.3 Å². The number of anilines is 3. The van der Waals surface area contributed by atoms with Crippen molar-refractivity contribution in [3.05, 3.63) is 47.8 Å². The van der Waals surface area contributed by atoms with Gasteiger partial charge in [0.15, 0.2) is 5.13 Å². The van der Waals surface area contributed by atoms with Crippen LogP contribution in [-0.2, 0) is 11.0 Å². The van der Waals surface area contributed by atoms with E-state index in [2.05, 4.69) is 46.3 Å². The Morgan fingerprint density at radius 1 is 1.15 bits per heavy atom. The van der Waals surface area contributed by atoms with E-state index in [1.165, 1.54) is 17.0 Å². The minimum absolute atomic E-state index is 0.00935. The van der Waals surface area contributed by atoms with Crippen molar-refractivity contribution in [2.45, 2.75) is 31.8 Å². The van der Waals surface area contributed by atoms with Crippen LogP contribution in [0.3, 0.4) is 0 Å². The van der Waals surface area contributed by atoms with Crippen LogP contribution in [0, 0.1) is 0 Å². The van der Waals surface area contributed by atoms with E-state index in [4.69, 9.17) is 14.9 Å².